The van der Waals surface area contributed by atoms with Gasteiger partial charge < -0.3 is 9.47 Å². The molecule has 1 atom stereocenters. The van der Waals surface area contributed by atoms with Crippen LogP contribution in [-0.4, -0.2) is 39.5 Å². The van der Waals surface area contributed by atoms with Gasteiger partial charge in [-0.15, -0.1) is 10.2 Å². The molecule has 0 spiro atoms. The van der Waals surface area contributed by atoms with Crippen LogP contribution in [0.2, 0.25) is 0 Å². The first-order valence-electron chi connectivity index (χ1n) is 6.98. The van der Waals surface area contributed by atoms with Gasteiger partial charge >= 0.3 is 0 Å². The Bertz CT molecular complexity index is 547. The van der Waals surface area contributed by atoms with Crippen LogP contribution in [0.3, 0.4) is 0 Å². The fourth-order valence-electron chi connectivity index (χ4n) is 2.27. The quantitative estimate of drug-likeness (QED) is 0.833. The van der Waals surface area contributed by atoms with Crippen LogP contribution in [0.5, 0.6) is 5.75 Å². The van der Waals surface area contributed by atoms with Crippen molar-refractivity contribution in [1.29, 1.82) is 0 Å². The van der Waals surface area contributed by atoms with Crippen molar-refractivity contribution in [3.8, 4) is 17.1 Å². The normalized spacial score (nSPS) is 18.4. The molecule has 1 aromatic heterocycles. The molecular weight excluding hydrogens is 256 g/mol. The van der Waals surface area contributed by atoms with Gasteiger partial charge in [0.05, 0.1) is 19.3 Å². The molecule has 2 aromatic rings. The molecular formula is C14H18N4O2. The highest BCUT2D eigenvalue weighted by Gasteiger charge is 2.17. The molecule has 0 bridgehead atoms. The molecule has 2 heterocycles. The van der Waals surface area contributed by atoms with E-state index < -0.39 is 0 Å². The lowest BCUT2D eigenvalue weighted by atomic mass is 10.2. The van der Waals surface area contributed by atoms with Crippen molar-refractivity contribution in [1.82, 2.24) is 20.2 Å². The van der Waals surface area contributed by atoms with E-state index in [9.17, 15) is 0 Å². The minimum Gasteiger partial charge on any atom is -0.494 e. The van der Waals surface area contributed by atoms with Crippen molar-refractivity contribution in [3.05, 3.63) is 24.3 Å². The standard InChI is InChI=1S/C14H18N4O2/c1-2-19-12-7-5-11(6-8-12)14-15-17-18(16-14)10-13-4-3-9-20-13/h5-8,13H,2-4,9-10H2,1H3. The molecule has 20 heavy (non-hydrogen) atoms. The maximum Gasteiger partial charge on any atom is 0.204 e. The third-order valence-electron chi connectivity index (χ3n) is 3.27. The summed E-state index contributed by atoms with van der Waals surface area (Å²) in [7, 11) is 0. The Balaban J connectivity index is 1.68. The molecule has 106 valence electrons. The Hall–Kier alpha value is -1.95. The van der Waals surface area contributed by atoms with Crippen LogP contribution in [0.4, 0.5) is 0 Å². The van der Waals surface area contributed by atoms with Crippen molar-refractivity contribution in [3.63, 3.8) is 0 Å². The summed E-state index contributed by atoms with van der Waals surface area (Å²) in [6, 6.07) is 7.72. The zero-order valence-corrected chi connectivity index (χ0v) is 11.5. The highest BCUT2D eigenvalue weighted by Crippen LogP contribution is 2.19. The maximum atomic E-state index is 5.57. The van der Waals surface area contributed by atoms with Gasteiger partial charge in [0.2, 0.25) is 5.82 Å². The van der Waals surface area contributed by atoms with E-state index >= 15 is 0 Å². The van der Waals surface area contributed by atoms with E-state index in [0.29, 0.717) is 19.0 Å². The molecule has 6 heteroatoms. The van der Waals surface area contributed by atoms with Crippen molar-refractivity contribution in [2.24, 2.45) is 0 Å². The largest absolute Gasteiger partial charge is 0.494 e. The molecule has 0 amide bonds. The molecule has 1 aliphatic heterocycles. The summed E-state index contributed by atoms with van der Waals surface area (Å²) < 4.78 is 11.0. The van der Waals surface area contributed by atoms with Crippen molar-refractivity contribution < 1.29 is 9.47 Å². The molecule has 0 radical (unpaired) electrons. The summed E-state index contributed by atoms with van der Waals surface area (Å²) in [6.07, 6.45) is 2.41. The van der Waals surface area contributed by atoms with E-state index in [1.54, 1.807) is 4.80 Å². The summed E-state index contributed by atoms with van der Waals surface area (Å²) in [5.41, 5.74) is 0.937. The number of benzene rings is 1. The summed E-state index contributed by atoms with van der Waals surface area (Å²) in [6.45, 7) is 4.14. The molecule has 1 aromatic carbocycles. The van der Waals surface area contributed by atoms with Crippen molar-refractivity contribution in [2.75, 3.05) is 13.2 Å². The Morgan fingerprint density at radius 1 is 1.35 bits per heavy atom. The van der Waals surface area contributed by atoms with Gasteiger partial charge in [-0.1, -0.05) is 0 Å². The Morgan fingerprint density at radius 3 is 2.90 bits per heavy atom. The van der Waals surface area contributed by atoms with Crippen LogP contribution in [0.25, 0.3) is 11.4 Å². The molecule has 6 nitrogen and oxygen atoms in total. The summed E-state index contributed by atoms with van der Waals surface area (Å²) in [4.78, 5) is 1.61. The molecule has 1 saturated heterocycles. The number of aromatic nitrogens is 4. The first kappa shape index (κ1) is 13.1. The maximum absolute atomic E-state index is 5.57. The summed E-state index contributed by atoms with van der Waals surface area (Å²) >= 11 is 0. The molecule has 0 saturated carbocycles. The van der Waals surface area contributed by atoms with Crippen LogP contribution in [0, 0.1) is 0 Å². The highest BCUT2D eigenvalue weighted by molar-refractivity contribution is 5.55. The van der Waals surface area contributed by atoms with Gasteiger partial charge in [-0.25, -0.2) is 0 Å². The van der Waals surface area contributed by atoms with E-state index in [4.69, 9.17) is 9.47 Å². The lowest BCUT2D eigenvalue weighted by molar-refractivity contribution is 0.0898. The number of hydrogen-bond donors (Lipinski definition) is 0. The van der Waals surface area contributed by atoms with E-state index in [1.807, 2.05) is 31.2 Å². The second-order valence-electron chi connectivity index (χ2n) is 4.76. The SMILES string of the molecule is CCOc1ccc(-c2nnn(CC3CCCO3)n2)cc1. The second-order valence-corrected chi connectivity index (χ2v) is 4.76. The highest BCUT2D eigenvalue weighted by atomic mass is 16.5. The van der Waals surface area contributed by atoms with Gasteiger partial charge in [-0.05, 0) is 49.2 Å². The Morgan fingerprint density at radius 2 is 2.20 bits per heavy atom. The zero-order chi connectivity index (χ0) is 13.8. The molecule has 0 N–H and O–H groups in total. The van der Waals surface area contributed by atoms with E-state index in [-0.39, 0.29) is 6.10 Å². The Kier molecular flexibility index (Phi) is 3.92. The van der Waals surface area contributed by atoms with Gasteiger partial charge in [-0.3, -0.25) is 0 Å². The topological polar surface area (TPSA) is 62.1 Å². The fraction of sp³-hybridized carbons (Fsp3) is 0.500. The van der Waals surface area contributed by atoms with E-state index in [2.05, 4.69) is 15.4 Å². The third kappa shape index (κ3) is 2.96. The first-order chi connectivity index (χ1) is 9.85. The van der Waals surface area contributed by atoms with Gasteiger partial charge in [0.15, 0.2) is 0 Å². The van der Waals surface area contributed by atoms with Gasteiger partial charge in [-0.2, -0.15) is 4.80 Å². The molecule has 1 unspecified atom stereocenters. The second kappa shape index (κ2) is 6.00. The van der Waals surface area contributed by atoms with Crippen LogP contribution in [0.1, 0.15) is 19.8 Å². The smallest absolute Gasteiger partial charge is 0.204 e. The number of nitrogens with zero attached hydrogens (tertiary/aromatic N) is 4. The van der Waals surface area contributed by atoms with E-state index in [1.165, 1.54) is 0 Å². The predicted octanol–water partition coefficient (Wildman–Crippen LogP) is 1.92. The van der Waals surface area contributed by atoms with Crippen LogP contribution >= 0.6 is 0 Å². The summed E-state index contributed by atoms with van der Waals surface area (Å²) in [5.74, 6) is 1.48. The number of ether oxygens (including phenoxy) is 2. The number of rotatable bonds is 5. The third-order valence-corrected chi connectivity index (χ3v) is 3.27. The van der Waals surface area contributed by atoms with Crippen molar-refractivity contribution in [2.45, 2.75) is 32.4 Å². The van der Waals surface area contributed by atoms with Gasteiger partial charge in [0, 0.05) is 12.2 Å². The average Bonchev–Trinajstić information content (AvgIpc) is 3.12. The predicted molar refractivity (Wildman–Crippen MR) is 73.4 cm³/mol. The molecule has 1 fully saturated rings. The molecule has 1 aliphatic rings. The average molecular weight is 274 g/mol. The first-order valence-corrected chi connectivity index (χ1v) is 6.98. The van der Waals surface area contributed by atoms with Crippen molar-refractivity contribution >= 4 is 0 Å². The van der Waals surface area contributed by atoms with Crippen LogP contribution < -0.4 is 4.74 Å². The van der Waals surface area contributed by atoms with Gasteiger partial charge in [0.1, 0.15) is 5.75 Å². The molecule has 0 aliphatic carbocycles. The Labute approximate surface area is 117 Å². The minimum atomic E-state index is 0.220. The fourth-order valence-corrected chi connectivity index (χ4v) is 2.27. The lowest BCUT2D eigenvalue weighted by Crippen LogP contribution is -2.17. The monoisotopic (exact) mass is 274 g/mol. The van der Waals surface area contributed by atoms with E-state index in [0.717, 1.165) is 30.8 Å². The van der Waals surface area contributed by atoms with Crippen LogP contribution in [-0.2, 0) is 11.3 Å². The molecule has 3 rings (SSSR count). The zero-order valence-electron chi connectivity index (χ0n) is 11.5. The lowest BCUT2D eigenvalue weighted by Gasteiger charge is -2.06. The minimum absolute atomic E-state index is 0.220. The number of hydrogen-bond acceptors (Lipinski definition) is 5. The number of tetrazole rings is 1. The van der Waals surface area contributed by atoms with Gasteiger partial charge in [0.25, 0.3) is 0 Å². The van der Waals surface area contributed by atoms with Crippen LogP contribution in [0.15, 0.2) is 24.3 Å². The summed E-state index contributed by atoms with van der Waals surface area (Å²) in [5, 5.41) is 12.6.